The fraction of sp³-hybridized carbons (Fsp3) is 0.509. The molecule has 0 spiro atoms. The van der Waals surface area contributed by atoms with E-state index in [1.807, 2.05) is 12.2 Å². The molecular weight excluding hydrogens is 765 g/mol. The van der Waals surface area contributed by atoms with Crippen LogP contribution in [-0.2, 0) is 23.8 Å². The number of carbonyl (C=O) groups excluding carboxylic acids is 2. The molecule has 0 bridgehead atoms. The smallest absolute Gasteiger partial charge is 0.309 e. The zero-order chi connectivity index (χ0) is 44.9. The van der Waals surface area contributed by atoms with Crippen LogP contribution in [0.4, 0.5) is 0 Å². The quantitative estimate of drug-likeness (QED) is 0.0348. The van der Waals surface area contributed by atoms with Crippen LogP contribution in [0.15, 0.2) is 158 Å². The lowest BCUT2D eigenvalue weighted by Crippen LogP contribution is -2.30. The Bertz CT molecular complexity index is 1420. The summed E-state index contributed by atoms with van der Waals surface area (Å²) < 4.78 is 17.1. The summed E-state index contributed by atoms with van der Waals surface area (Å²) in [7, 11) is 0. The molecule has 0 aliphatic rings. The molecule has 0 radical (unpaired) electrons. The van der Waals surface area contributed by atoms with Gasteiger partial charge in [0.25, 0.3) is 0 Å². The van der Waals surface area contributed by atoms with Crippen molar-refractivity contribution in [3.8, 4) is 0 Å². The van der Waals surface area contributed by atoms with E-state index < -0.39 is 6.10 Å². The fourth-order valence-corrected chi connectivity index (χ4v) is 5.66. The van der Waals surface area contributed by atoms with Crippen LogP contribution < -0.4 is 0 Å². The molecule has 0 heterocycles. The van der Waals surface area contributed by atoms with Gasteiger partial charge in [-0.2, -0.15) is 0 Å². The summed E-state index contributed by atoms with van der Waals surface area (Å²) in [6, 6.07) is 0. The Balaban J connectivity index is 4.59. The van der Waals surface area contributed by atoms with E-state index in [0.717, 1.165) is 128 Å². The predicted molar refractivity (Wildman–Crippen MR) is 269 cm³/mol. The first-order valence-corrected chi connectivity index (χ1v) is 24.0. The molecule has 5 heteroatoms. The van der Waals surface area contributed by atoms with Crippen LogP contribution in [0.3, 0.4) is 0 Å². The zero-order valence-corrected chi connectivity index (χ0v) is 39.3. The van der Waals surface area contributed by atoms with Crippen molar-refractivity contribution >= 4 is 11.9 Å². The van der Waals surface area contributed by atoms with Crippen LogP contribution in [0.2, 0.25) is 0 Å². The molecule has 0 aliphatic carbocycles. The number of carbonyl (C=O) groups is 2. The monoisotopic (exact) mass is 851 g/mol. The first-order chi connectivity index (χ1) is 30.6. The second-order valence-corrected chi connectivity index (χ2v) is 14.9. The molecule has 0 amide bonds. The van der Waals surface area contributed by atoms with Gasteiger partial charge < -0.3 is 14.2 Å². The van der Waals surface area contributed by atoms with Crippen molar-refractivity contribution in [1.82, 2.24) is 0 Å². The van der Waals surface area contributed by atoms with E-state index in [9.17, 15) is 9.59 Å². The van der Waals surface area contributed by atoms with E-state index in [1.165, 1.54) is 0 Å². The summed E-state index contributed by atoms with van der Waals surface area (Å²) >= 11 is 0. The summed E-state index contributed by atoms with van der Waals surface area (Å²) in [6.45, 7) is 7.11. The molecule has 0 saturated heterocycles. The van der Waals surface area contributed by atoms with E-state index in [-0.39, 0.29) is 31.6 Å². The number of hydrogen-bond donors (Lipinski definition) is 0. The summed E-state index contributed by atoms with van der Waals surface area (Å²) in [4.78, 5) is 25.3. The molecule has 0 saturated carbocycles. The van der Waals surface area contributed by atoms with E-state index in [1.54, 1.807) is 0 Å². The van der Waals surface area contributed by atoms with Crippen LogP contribution in [0.25, 0.3) is 0 Å². The van der Waals surface area contributed by atoms with E-state index in [0.29, 0.717) is 13.0 Å². The maximum Gasteiger partial charge on any atom is 0.309 e. The highest BCUT2D eigenvalue weighted by atomic mass is 16.6. The average Bonchev–Trinajstić information content (AvgIpc) is 3.27. The summed E-state index contributed by atoms with van der Waals surface area (Å²) in [5.74, 6) is -0.621. The first kappa shape index (κ1) is 57.5. The largest absolute Gasteiger partial charge is 0.461 e. The van der Waals surface area contributed by atoms with Crippen LogP contribution in [0, 0.1) is 0 Å². The lowest BCUT2D eigenvalue weighted by molar-refractivity contribution is -0.162. The molecule has 344 valence electrons. The lowest BCUT2D eigenvalue weighted by Gasteiger charge is -2.18. The van der Waals surface area contributed by atoms with Crippen molar-refractivity contribution in [1.29, 1.82) is 0 Å². The van der Waals surface area contributed by atoms with Crippen molar-refractivity contribution in [2.75, 3.05) is 19.8 Å². The second-order valence-electron chi connectivity index (χ2n) is 14.9. The molecule has 0 rings (SSSR count). The third-order valence-corrected chi connectivity index (χ3v) is 9.09. The van der Waals surface area contributed by atoms with Gasteiger partial charge in [0.05, 0.1) is 19.6 Å². The normalized spacial score (nSPS) is 13.7. The van der Waals surface area contributed by atoms with Gasteiger partial charge in [0.2, 0.25) is 0 Å². The molecule has 5 nitrogen and oxygen atoms in total. The molecule has 0 aliphatic heterocycles. The van der Waals surface area contributed by atoms with Crippen LogP contribution in [-0.4, -0.2) is 37.9 Å². The highest BCUT2D eigenvalue weighted by Gasteiger charge is 2.17. The maximum atomic E-state index is 12.8. The van der Waals surface area contributed by atoms with Crippen molar-refractivity contribution < 1.29 is 23.8 Å². The Labute approximate surface area is 380 Å². The van der Waals surface area contributed by atoms with Crippen molar-refractivity contribution in [2.45, 2.75) is 168 Å². The van der Waals surface area contributed by atoms with E-state index in [4.69, 9.17) is 14.2 Å². The number of ether oxygens (including phenoxy) is 3. The molecule has 0 aromatic rings. The van der Waals surface area contributed by atoms with E-state index in [2.05, 4.69) is 167 Å². The SMILES string of the molecule is CC/C=C\C/C=C\C/C=C\C/C=C\C/C=C\CCOCC(COC(=O)C/C=C\C/C=C\C/C=C\C/C=C\C/C=C\CC)OC(=O)CCCCCCC/C=C\C/C=C\C/C=C\CC. The average molecular weight is 851 g/mol. The second kappa shape index (κ2) is 50.9. The summed E-state index contributed by atoms with van der Waals surface area (Å²) in [5.41, 5.74) is 0. The minimum Gasteiger partial charge on any atom is -0.461 e. The maximum absolute atomic E-state index is 12.8. The molecule has 1 unspecified atom stereocenters. The number of unbranched alkanes of at least 4 members (excludes halogenated alkanes) is 5. The van der Waals surface area contributed by atoms with Gasteiger partial charge in [-0.3, -0.25) is 9.59 Å². The molecule has 1 atom stereocenters. The Kier molecular flexibility index (Phi) is 47.2. The number of rotatable bonds is 41. The third-order valence-electron chi connectivity index (χ3n) is 9.09. The minimum atomic E-state index is -0.636. The molecule has 62 heavy (non-hydrogen) atoms. The van der Waals surface area contributed by atoms with Gasteiger partial charge in [0.1, 0.15) is 6.61 Å². The zero-order valence-electron chi connectivity index (χ0n) is 39.3. The predicted octanol–water partition coefficient (Wildman–Crippen LogP) is 16.3. The van der Waals surface area contributed by atoms with Gasteiger partial charge in [-0.15, -0.1) is 0 Å². The van der Waals surface area contributed by atoms with Gasteiger partial charge in [0, 0.05) is 6.42 Å². The van der Waals surface area contributed by atoms with Crippen molar-refractivity contribution in [3.05, 3.63) is 158 Å². The fourth-order valence-electron chi connectivity index (χ4n) is 5.66. The van der Waals surface area contributed by atoms with E-state index >= 15 is 0 Å². The Hall–Kier alpha value is -4.48. The summed E-state index contributed by atoms with van der Waals surface area (Å²) in [5, 5.41) is 0. The number of esters is 2. The first-order valence-electron chi connectivity index (χ1n) is 24.0. The molecule has 0 N–H and O–H groups in total. The third kappa shape index (κ3) is 48.2. The Morgan fingerprint density at radius 1 is 0.371 bits per heavy atom. The number of allylic oxidation sites excluding steroid dienone is 24. The topological polar surface area (TPSA) is 61.8 Å². The van der Waals surface area contributed by atoms with Crippen molar-refractivity contribution in [3.63, 3.8) is 0 Å². The van der Waals surface area contributed by atoms with Crippen LogP contribution >= 0.6 is 0 Å². The van der Waals surface area contributed by atoms with Gasteiger partial charge in [0.15, 0.2) is 6.10 Å². The minimum absolute atomic E-state index is 0.0177. The molecule has 0 aromatic heterocycles. The Morgan fingerprint density at radius 2 is 0.726 bits per heavy atom. The summed E-state index contributed by atoms with van der Waals surface area (Å²) in [6.07, 6.45) is 75.8. The van der Waals surface area contributed by atoms with Crippen molar-refractivity contribution in [2.24, 2.45) is 0 Å². The van der Waals surface area contributed by atoms with Gasteiger partial charge in [-0.05, 0) is 109 Å². The lowest BCUT2D eigenvalue weighted by atomic mass is 10.1. The standard InChI is InChI=1S/C57H86O5/c1-4-7-10-13-16-19-22-25-28-31-34-37-40-43-46-49-52-60-53-55(62-57(59)51-48-45-42-39-36-33-30-27-24-21-18-15-12-9-6-3)54-61-56(58)50-47-44-41-38-35-32-29-26-23-20-17-14-11-8-5-2/h7-12,16-21,25-30,34-35,37-38,43-44,46-47,55H,4-6,13-15,22-24,31-33,36,39-42,45,48-54H2,1-3H3/b10-7-,11-8-,12-9-,19-16-,20-17-,21-18-,28-25-,29-26-,30-27-,37-34-,38-35-,46-43-,47-44-. The van der Waals surface area contributed by atoms with Gasteiger partial charge in [-0.1, -0.05) is 198 Å². The highest BCUT2D eigenvalue weighted by molar-refractivity contribution is 5.71. The molecule has 0 fully saturated rings. The molecular formula is C57H86O5. The van der Waals surface area contributed by atoms with Crippen LogP contribution in [0.1, 0.15) is 162 Å². The Morgan fingerprint density at radius 3 is 1.16 bits per heavy atom. The molecule has 0 aromatic carbocycles. The number of hydrogen-bond acceptors (Lipinski definition) is 5. The highest BCUT2D eigenvalue weighted by Crippen LogP contribution is 2.10. The van der Waals surface area contributed by atoms with Crippen LogP contribution in [0.5, 0.6) is 0 Å². The van der Waals surface area contributed by atoms with Gasteiger partial charge >= 0.3 is 11.9 Å². The van der Waals surface area contributed by atoms with Gasteiger partial charge in [-0.25, -0.2) is 0 Å².